The molecule has 5 heteroatoms. The predicted octanol–water partition coefficient (Wildman–Crippen LogP) is 18.7. The van der Waals surface area contributed by atoms with Crippen LogP contribution in [0, 0.1) is 0 Å². The second-order valence-corrected chi connectivity index (χ2v) is 18.1. The summed E-state index contributed by atoms with van der Waals surface area (Å²) in [5.74, 6) is -0.417. The van der Waals surface area contributed by atoms with Crippen molar-refractivity contribution in [2.45, 2.75) is 271 Å². The van der Waals surface area contributed by atoms with E-state index in [-0.39, 0.29) is 25.2 Å². The molecule has 0 bridgehead atoms. The van der Waals surface area contributed by atoms with Crippen molar-refractivity contribution in [3.8, 4) is 0 Å². The number of unbranched alkanes of at least 4 members (excludes halogenated alkanes) is 27. The van der Waals surface area contributed by atoms with E-state index in [1.165, 1.54) is 141 Å². The molecule has 0 spiro atoms. The van der Waals surface area contributed by atoms with E-state index in [2.05, 4.69) is 93.7 Å². The SMILES string of the molecule is CC/C=C\C/C=C\C/C=C\CCCCCCOCC(COC(=O)CCCCCCCC/C=C\C/C=C\C/C=C\CCCCC)OC(=O)CCCCCCCCCCCCCCCCC. The summed E-state index contributed by atoms with van der Waals surface area (Å²) in [5.41, 5.74) is 0. The molecule has 0 N–H and O–H groups in total. The smallest absolute Gasteiger partial charge is 0.306 e. The van der Waals surface area contributed by atoms with Crippen LogP contribution in [-0.4, -0.2) is 37.9 Å². The van der Waals surface area contributed by atoms with E-state index in [1.54, 1.807) is 0 Å². The predicted molar refractivity (Wildman–Crippen MR) is 279 cm³/mol. The Morgan fingerprint density at radius 3 is 1.16 bits per heavy atom. The van der Waals surface area contributed by atoms with Gasteiger partial charge in [0.1, 0.15) is 6.61 Å². The lowest BCUT2D eigenvalue weighted by atomic mass is 10.0. The Bertz CT molecular complexity index is 1150. The molecule has 0 radical (unpaired) electrons. The Kier molecular flexibility index (Phi) is 52.4. The van der Waals surface area contributed by atoms with Gasteiger partial charge >= 0.3 is 11.9 Å². The van der Waals surface area contributed by atoms with E-state index in [9.17, 15) is 9.59 Å². The zero-order valence-electron chi connectivity index (χ0n) is 42.5. The fourth-order valence-corrected chi connectivity index (χ4v) is 7.65. The van der Waals surface area contributed by atoms with Crippen molar-refractivity contribution in [3.05, 3.63) is 72.9 Å². The highest BCUT2D eigenvalue weighted by Crippen LogP contribution is 2.15. The van der Waals surface area contributed by atoms with Gasteiger partial charge in [-0.05, 0) is 89.9 Å². The van der Waals surface area contributed by atoms with Crippen LogP contribution >= 0.6 is 0 Å². The Hall–Kier alpha value is -2.66. The minimum absolute atomic E-state index is 0.0693. The third-order valence-electron chi connectivity index (χ3n) is 11.7. The second kappa shape index (κ2) is 54.7. The molecular weight excluding hydrogens is 789 g/mol. The highest BCUT2D eigenvalue weighted by Gasteiger charge is 2.17. The molecule has 0 aliphatic rings. The molecule has 0 aromatic carbocycles. The molecule has 0 saturated carbocycles. The first-order valence-electron chi connectivity index (χ1n) is 27.5. The summed E-state index contributed by atoms with van der Waals surface area (Å²) in [6, 6.07) is 0. The number of carbonyl (C=O) groups excluding carboxylic acids is 2. The van der Waals surface area contributed by atoms with Crippen LogP contribution < -0.4 is 0 Å². The van der Waals surface area contributed by atoms with Crippen LogP contribution in [0.3, 0.4) is 0 Å². The Morgan fingerprint density at radius 2 is 0.703 bits per heavy atom. The summed E-state index contributed by atoms with van der Waals surface area (Å²) in [6.07, 6.45) is 70.6. The summed E-state index contributed by atoms with van der Waals surface area (Å²) >= 11 is 0. The molecule has 64 heavy (non-hydrogen) atoms. The van der Waals surface area contributed by atoms with Gasteiger partial charge in [-0.25, -0.2) is 0 Å². The molecule has 0 aromatic heterocycles. The molecule has 1 unspecified atom stereocenters. The third kappa shape index (κ3) is 52.0. The lowest BCUT2D eigenvalue weighted by molar-refractivity contribution is -0.163. The molecule has 0 aliphatic heterocycles. The van der Waals surface area contributed by atoms with Gasteiger partial charge in [-0.2, -0.15) is 0 Å². The number of hydrogen-bond donors (Lipinski definition) is 0. The van der Waals surface area contributed by atoms with Crippen LogP contribution in [0.1, 0.15) is 265 Å². The largest absolute Gasteiger partial charge is 0.462 e. The van der Waals surface area contributed by atoms with E-state index in [4.69, 9.17) is 14.2 Å². The van der Waals surface area contributed by atoms with E-state index < -0.39 is 6.10 Å². The summed E-state index contributed by atoms with van der Waals surface area (Å²) in [7, 11) is 0. The molecule has 0 rings (SSSR count). The highest BCUT2D eigenvalue weighted by molar-refractivity contribution is 5.70. The van der Waals surface area contributed by atoms with Crippen molar-refractivity contribution >= 4 is 11.9 Å². The first kappa shape index (κ1) is 61.3. The van der Waals surface area contributed by atoms with Gasteiger partial charge in [0, 0.05) is 19.4 Å². The monoisotopic (exact) mass is 893 g/mol. The molecule has 0 aliphatic carbocycles. The van der Waals surface area contributed by atoms with Gasteiger partial charge in [0.2, 0.25) is 0 Å². The molecule has 0 amide bonds. The van der Waals surface area contributed by atoms with Crippen LogP contribution in [0.5, 0.6) is 0 Å². The van der Waals surface area contributed by atoms with Gasteiger partial charge in [0.15, 0.2) is 6.10 Å². The van der Waals surface area contributed by atoms with Gasteiger partial charge in [0.05, 0.1) is 6.61 Å². The highest BCUT2D eigenvalue weighted by atomic mass is 16.6. The molecule has 0 fully saturated rings. The average Bonchev–Trinajstić information content (AvgIpc) is 3.30. The van der Waals surface area contributed by atoms with Crippen LogP contribution in [0.15, 0.2) is 72.9 Å². The first-order valence-corrected chi connectivity index (χ1v) is 27.5. The van der Waals surface area contributed by atoms with Crippen molar-refractivity contribution < 1.29 is 23.8 Å². The average molecular weight is 893 g/mol. The maximum atomic E-state index is 12.8. The first-order chi connectivity index (χ1) is 31.6. The summed E-state index contributed by atoms with van der Waals surface area (Å²) < 4.78 is 17.4. The van der Waals surface area contributed by atoms with Crippen molar-refractivity contribution in [3.63, 3.8) is 0 Å². The number of rotatable bonds is 50. The zero-order chi connectivity index (χ0) is 46.3. The normalized spacial score (nSPS) is 12.7. The Balaban J connectivity index is 4.30. The second-order valence-electron chi connectivity index (χ2n) is 18.1. The van der Waals surface area contributed by atoms with Gasteiger partial charge in [-0.3, -0.25) is 9.59 Å². The lowest BCUT2D eigenvalue weighted by Crippen LogP contribution is -2.30. The van der Waals surface area contributed by atoms with Crippen LogP contribution in [0.25, 0.3) is 0 Å². The van der Waals surface area contributed by atoms with E-state index in [1.807, 2.05) is 0 Å². The van der Waals surface area contributed by atoms with Crippen LogP contribution in [0.4, 0.5) is 0 Å². The minimum Gasteiger partial charge on any atom is -0.462 e. The fourth-order valence-electron chi connectivity index (χ4n) is 7.65. The van der Waals surface area contributed by atoms with Crippen molar-refractivity contribution in [2.24, 2.45) is 0 Å². The number of hydrogen-bond acceptors (Lipinski definition) is 5. The van der Waals surface area contributed by atoms with Crippen molar-refractivity contribution in [1.29, 1.82) is 0 Å². The summed E-state index contributed by atoms with van der Waals surface area (Å²) in [6.45, 7) is 7.65. The molecule has 0 heterocycles. The van der Waals surface area contributed by atoms with Crippen LogP contribution in [0.2, 0.25) is 0 Å². The summed E-state index contributed by atoms with van der Waals surface area (Å²) in [5, 5.41) is 0. The van der Waals surface area contributed by atoms with Gasteiger partial charge in [-0.15, -0.1) is 0 Å². The molecule has 0 aromatic rings. The van der Waals surface area contributed by atoms with E-state index >= 15 is 0 Å². The lowest BCUT2D eigenvalue weighted by Gasteiger charge is -2.18. The molecule has 1 atom stereocenters. The van der Waals surface area contributed by atoms with Crippen LogP contribution in [-0.2, 0) is 23.8 Å². The molecule has 0 saturated heterocycles. The van der Waals surface area contributed by atoms with Crippen molar-refractivity contribution in [1.82, 2.24) is 0 Å². The molecule has 5 nitrogen and oxygen atoms in total. The number of carbonyl (C=O) groups is 2. The number of allylic oxidation sites excluding steroid dienone is 12. The van der Waals surface area contributed by atoms with Gasteiger partial charge in [-0.1, -0.05) is 235 Å². The van der Waals surface area contributed by atoms with Crippen molar-refractivity contribution in [2.75, 3.05) is 19.8 Å². The topological polar surface area (TPSA) is 61.8 Å². The third-order valence-corrected chi connectivity index (χ3v) is 11.7. The standard InChI is InChI=1S/C59H104O5/c1-4-7-10-13-16-19-22-25-28-29-30-31-33-34-37-40-43-46-49-52-58(60)63-56-57(55-62-54-51-48-45-42-39-36-27-24-21-18-15-12-9-6-3)64-59(61)53-50-47-44-41-38-35-32-26-23-20-17-14-11-8-5-2/h9,12,16,18-19,21,25,27-28,30-31,36,57H,4-8,10-11,13-15,17,20,22-24,26,29,32-35,37-56H2,1-3H3/b12-9-,19-16-,21-18-,28-25-,31-30-,36-27-. The summed E-state index contributed by atoms with van der Waals surface area (Å²) in [4.78, 5) is 25.5. The number of esters is 2. The maximum absolute atomic E-state index is 12.8. The van der Waals surface area contributed by atoms with E-state index in [0.717, 1.165) is 89.9 Å². The number of ether oxygens (including phenoxy) is 3. The zero-order valence-corrected chi connectivity index (χ0v) is 42.5. The Morgan fingerprint density at radius 1 is 0.359 bits per heavy atom. The van der Waals surface area contributed by atoms with Gasteiger partial charge in [0.25, 0.3) is 0 Å². The van der Waals surface area contributed by atoms with Gasteiger partial charge < -0.3 is 14.2 Å². The fraction of sp³-hybridized carbons (Fsp3) is 0.763. The maximum Gasteiger partial charge on any atom is 0.306 e. The molecular formula is C59H104O5. The molecule has 370 valence electrons. The van der Waals surface area contributed by atoms with E-state index in [0.29, 0.717) is 19.4 Å². The Labute approximate surface area is 397 Å². The quantitative estimate of drug-likeness (QED) is 0.0346. The minimum atomic E-state index is -0.554.